The van der Waals surface area contributed by atoms with Crippen LogP contribution in [0.25, 0.3) is 5.70 Å². The summed E-state index contributed by atoms with van der Waals surface area (Å²) >= 11 is 6.91. The number of aromatic nitrogens is 1. The Morgan fingerprint density at radius 1 is 1.04 bits per heavy atom. The predicted octanol–water partition coefficient (Wildman–Crippen LogP) is 3.02. The number of morpholine rings is 1. The minimum atomic E-state index is -0.931. The van der Waals surface area contributed by atoms with E-state index in [1.54, 1.807) is 23.0 Å². The minimum absolute atomic E-state index is 0.646. The largest absolute Gasteiger partial charge is 0.379 e. The molecular formula is C19H20ClN5O. The second-order valence-electron chi connectivity index (χ2n) is 6.07. The van der Waals surface area contributed by atoms with Crippen molar-refractivity contribution in [1.82, 2.24) is 14.3 Å². The maximum Gasteiger partial charge on any atom is 0.285 e. The van der Waals surface area contributed by atoms with E-state index in [2.05, 4.69) is 15.2 Å². The minimum Gasteiger partial charge on any atom is -0.379 e. The Morgan fingerprint density at radius 3 is 2.50 bits per heavy atom. The molecule has 0 spiro atoms. The van der Waals surface area contributed by atoms with Crippen molar-refractivity contribution in [3.05, 3.63) is 66.5 Å². The molecule has 0 bridgehead atoms. The van der Waals surface area contributed by atoms with Crippen LogP contribution in [0.1, 0.15) is 5.56 Å². The summed E-state index contributed by atoms with van der Waals surface area (Å²) in [7, 11) is 0. The predicted molar refractivity (Wildman–Crippen MR) is 104 cm³/mol. The Labute approximate surface area is 157 Å². The highest BCUT2D eigenvalue weighted by atomic mass is 35.5. The number of nitrogens with zero attached hydrogens (tertiary/aromatic N) is 4. The second-order valence-corrected chi connectivity index (χ2v) is 6.41. The van der Waals surface area contributed by atoms with Crippen LogP contribution in [-0.4, -0.2) is 52.7 Å². The number of aliphatic imine (C=N–C) groups is 1. The Hall–Kier alpha value is -2.41. The zero-order valence-electron chi connectivity index (χ0n) is 14.3. The molecule has 3 heterocycles. The fraction of sp³-hybridized carbons (Fsp3) is 0.263. The lowest BCUT2D eigenvalue weighted by molar-refractivity contribution is -0.0390. The van der Waals surface area contributed by atoms with E-state index in [-0.39, 0.29) is 0 Å². The molecule has 0 aliphatic carbocycles. The van der Waals surface area contributed by atoms with Crippen LogP contribution in [0, 0.1) is 0 Å². The van der Waals surface area contributed by atoms with E-state index in [1.165, 1.54) is 0 Å². The van der Waals surface area contributed by atoms with Gasteiger partial charge in [-0.1, -0.05) is 18.2 Å². The van der Waals surface area contributed by atoms with Crippen molar-refractivity contribution in [3.63, 3.8) is 0 Å². The molecule has 1 N–H and O–H groups in total. The molecule has 6 nitrogen and oxygen atoms in total. The first-order valence-corrected chi connectivity index (χ1v) is 8.91. The molecule has 0 amide bonds. The summed E-state index contributed by atoms with van der Waals surface area (Å²) in [5.41, 5.74) is 2.78. The number of para-hydroxylation sites is 1. The number of ether oxygens (including phenoxy) is 1. The third kappa shape index (κ3) is 3.19. The normalized spacial score (nSPS) is 23.6. The summed E-state index contributed by atoms with van der Waals surface area (Å²) in [6.45, 7) is 2.74. The van der Waals surface area contributed by atoms with Crippen molar-refractivity contribution in [3.8, 4) is 0 Å². The van der Waals surface area contributed by atoms with Gasteiger partial charge >= 0.3 is 0 Å². The molecule has 4 rings (SSSR count). The van der Waals surface area contributed by atoms with Gasteiger partial charge in [0.2, 0.25) is 0 Å². The molecule has 1 aromatic carbocycles. The first-order valence-electron chi connectivity index (χ1n) is 8.57. The van der Waals surface area contributed by atoms with Crippen LogP contribution in [0.4, 0.5) is 5.69 Å². The van der Waals surface area contributed by atoms with Gasteiger partial charge in [-0.25, -0.2) is 14.3 Å². The summed E-state index contributed by atoms with van der Waals surface area (Å²) in [4.78, 5) is 11.1. The summed E-state index contributed by atoms with van der Waals surface area (Å²) in [6, 6.07) is 13.8. The Balaban J connectivity index is 1.73. The van der Waals surface area contributed by atoms with E-state index in [9.17, 15) is 0 Å². The van der Waals surface area contributed by atoms with Crippen LogP contribution < -0.4 is 5.32 Å². The number of rotatable bonds is 4. The van der Waals surface area contributed by atoms with Crippen LogP contribution in [-0.2, 0) is 4.74 Å². The van der Waals surface area contributed by atoms with Gasteiger partial charge in [0.25, 0.3) is 5.91 Å². The molecule has 134 valence electrons. The molecule has 1 atom stereocenters. The van der Waals surface area contributed by atoms with Crippen molar-refractivity contribution in [2.24, 2.45) is 4.99 Å². The number of hydrogen-bond acceptors (Lipinski definition) is 6. The van der Waals surface area contributed by atoms with Crippen LogP contribution in [0.15, 0.2) is 65.9 Å². The lowest BCUT2D eigenvalue weighted by Gasteiger charge is -2.48. The highest BCUT2D eigenvalue weighted by Gasteiger charge is 2.45. The fourth-order valence-corrected chi connectivity index (χ4v) is 3.53. The lowest BCUT2D eigenvalue weighted by Crippen LogP contribution is -2.64. The second kappa shape index (κ2) is 7.45. The van der Waals surface area contributed by atoms with Gasteiger partial charge in [-0.2, -0.15) is 0 Å². The van der Waals surface area contributed by atoms with Crippen LogP contribution in [0.2, 0.25) is 0 Å². The van der Waals surface area contributed by atoms with Gasteiger partial charge in [-0.3, -0.25) is 4.98 Å². The smallest absolute Gasteiger partial charge is 0.285 e. The number of pyridine rings is 1. The van der Waals surface area contributed by atoms with E-state index in [0.717, 1.165) is 30.0 Å². The lowest BCUT2D eigenvalue weighted by atomic mass is 10.1. The average Bonchev–Trinajstić information content (AvgIpc) is 2.72. The fourth-order valence-electron chi connectivity index (χ4n) is 3.18. The van der Waals surface area contributed by atoms with Crippen molar-refractivity contribution in [2.45, 2.75) is 5.91 Å². The first kappa shape index (κ1) is 17.0. The van der Waals surface area contributed by atoms with E-state index in [4.69, 9.17) is 21.5 Å². The van der Waals surface area contributed by atoms with E-state index < -0.39 is 5.91 Å². The van der Waals surface area contributed by atoms with Crippen molar-refractivity contribution < 1.29 is 4.74 Å². The number of allylic oxidation sites excluding steroid dienone is 1. The van der Waals surface area contributed by atoms with Crippen molar-refractivity contribution >= 4 is 29.4 Å². The van der Waals surface area contributed by atoms with Gasteiger partial charge in [-0.15, -0.1) is 0 Å². The molecule has 2 aliphatic heterocycles. The Bertz CT molecular complexity index is 792. The zero-order chi connectivity index (χ0) is 17.8. The maximum atomic E-state index is 6.91. The van der Waals surface area contributed by atoms with Crippen LogP contribution >= 0.6 is 11.8 Å². The molecule has 1 saturated heterocycles. The van der Waals surface area contributed by atoms with Crippen LogP contribution in [0.5, 0.6) is 0 Å². The number of nitrogens with one attached hydrogen (secondary N) is 1. The maximum absolute atomic E-state index is 6.91. The standard InChI is InChI=1S/C19H20ClN5O/c20-25-18(16-6-9-21-10-7-16)8-11-22-19(25,24-12-14-26-15-13-24)23-17-4-2-1-3-5-17/h1-11,23H,12-15H2. The molecule has 0 radical (unpaired) electrons. The van der Waals surface area contributed by atoms with Gasteiger partial charge < -0.3 is 10.1 Å². The zero-order valence-corrected chi connectivity index (χ0v) is 15.0. The monoisotopic (exact) mass is 369 g/mol. The van der Waals surface area contributed by atoms with Crippen molar-refractivity contribution in [1.29, 1.82) is 0 Å². The quantitative estimate of drug-likeness (QED) is 0.839. The number of halogens is 1. The topological polar surface area (TPSA) is 53.0 Å². The molecule has 26 heavy (non-hydrogen) atoms. The van der Waals surface area contributed by atoms with Crippen molar-refractivity contribution in [2.75, 3.05) is 31.6 Å². The number of anilines is 1. The average molecular weight is 370 g/mol. The van der Waals surface area contributed by atoms with E-state index >= 15 is 0 Å². The van der Waals surface area contributed by atoms with Gasteiger partial charge in [0.05, 0.1) is 18.9 Å². The summed E-state index contributed by atoms with van der Waals surface area (Å²) in [6.07, 6.45) is 7.23. The number of benzene rings is 1. The summed E-state index contributed by atoms with van der Waals surface area (Å²) < 4.78 is 7.19. The molecule has 2 aromatic rings. The highest BCUT2D eigenvalue weighted by molar-refractivity contribution is 6.19. The highest BCUT2D eigenvalue weighted by Crippen LogP contribution is 2.36. The molecule has 1 aromatic heterocycles. The molecule has 7 heteroatoms. The van der Waals surface area contributed by atoms with Gasteiger partial charge in [0, 0.05) is 54.7 Å². The van der Waals surface area contributed by atoms with Crippen LogP contribution in [0.3, 0.4) is 0 Å². The molecule has 1 unspecified atom stereocenters. The van der Waals surface area contributed by atoms with E-state index in [1.807, 2.05) is 48.5 Å². The van der Waals surface area contributed by atoms with Gasteiger partial charge in [0.1, 0.15) is 0 Å². The third-order valence-corrected chi connectivity index (χ3v) is 4.90. The van der Waals surface area contributed by atoms with Gasteiger partial charge in [-0.05, 0) is 30.3 Å². The summed E-state index contributed by atoms with van der Waals surface area (Å²) in [5, 5.41) is 3.52. The van der Waals surface area contributed by atoms with Gasteiger partial charge in [0.15, 0.2) is 0 Å². The molecule has 2 aliphatic rings. The number of hydrogen-bond donors (Lipinski definition) is 1. The molecule has 1 fully saturated rings. The first-order chi connectivity index (χ1) is 12.8. The SMILES string of the molecule is ClN1C(c2ccncc2)=CC=NC1(Nc1ccccc1)N1CCOCC1. The molecule has 0 saturated carbocycles. The Morgan fingerprint density at radius 2 is 1.77 bits per heavy atom. The third-order valence-electron chi connectivity index (χ3n) is 4.49. The molecular weight excluding hydrogens is 350 g/mol. The summed E-state index contributed by atoms with van der Waals surface area (Å²) in [5.74, 6) is -0.931. The Kier molecular flexibility index (Phi) is 4.88. The van der Waals surface area contributed by atoms with E-state index in [0.29, 0.717) is 13.2 Å².